The van der Waals surface area contributed by atoms with Crippen LogP contribution in [0.5, 0.6) is 5.75 Å². The predicted molar refractivity (Wildman–Crippen MR) is 68.0 cm³/mol. The van der Waals surface area contributed by atoms with Gasteiger partial charge in [-0.05, 0) is 30.3 Å². The third kappa shape index (κ3) is 3.17. The number of hydrogen-bond acceptors (Lipinski definition) is 6. The van der Waals surface area contributed by atoms with Gasteiger partial charge in [0.1, 0.15) is 5.75 Å². The molecule has 1 heterocycles. The lowest BCUT2D eigenvalue weighted by atomic mass is 10.2. The summed E-state index contributed by atoms with van der Waals surface area (Å²) >= 11 is 5.92. The Labute approximate surface area is 108 Å². The lowest BCUT2D eigenvalue weighted by Gasteiger charge is -2.06. The molecule has 0 bridgehead atoms. The molecule has 1 aromatic carbocycles. The van der Waals surface area contributed by atoms with Crippen molar-refractivity contribution in [3.8, 4) is 5.75 Å². The van der Waals surface area contributed by atoms with Crippen LogP contribution in [0.25, 0.3) is 0 Å². The molecule has 0 aliphatic heterocycles. The summed E-state index contributed by atoms with van der Waals surface area (Å²) in [6.07, 6.45) is 1.58. The van der Waals surface area contributed by atoms with Gasteiger partial charge in [0.15, 0.2) is 0 Å². The van der Waals surface area contributed by atoms with E-state index in [2.05, 4.69) is 31.2 Å². The van der Waals surface area contributed by atoms with Crippen LogP contribution in [0.2, 0.25) is 5.02 Å². The van der Waals surface area contributed by atoms with Crippen LogP contribution in [0, 0.1) is 0 Å². The summed E-state index contributed by atoms with van der Waals surface area (Å²) in [5.41, 5.74) is 3.38. The summed E-state index contributed by atoms with van der Waals surface area (Å²) in [7, 11) is 0. The Morgan fingerprint density at radius 1 is 1.56 bits per heavy atom. The molecule has 8 heteroatoms. The number of aromatic nitrogens is 4. The smallest absolute Gasteiger partial charge is 0.283 e. The van der Waals surface area contributed by atoms with Gasteiger partial charge in [0, 0.05) is 10.6 Å². The van der Waals surface area contributed by atoms with E-state index in [9.17, 15) is 0 Å². The van der Waals surface area contributed by atoms with Crippen molar-refractivity contribution in [2.75, 3.05) is 12.0 Å². The summed E-state index contributed by atoms with van der Waals surface area (Å²) in [5.74, 6) is 0.992. The minimum absolute atomic E-state index is 0.284. The molecule has 0 atom stereocenters. The van der Waals surface area contributed by atoms with Gasteiger partial charge in [0.05, 0.1) is 12.8 Å². The molecule has 2 N–H and O–H groups in total. The number of tetrazole rings is 1. The normalized spacial score (nSPS) is 10.8. The Hall–Kier alpha value is -2.15. The summed E-state index contributed by atoms with van der Waals surface area (Å²) in [5, 5.41) is 17.7. The highest BCUT2D eigenvalue weighted by Crippen LogP contribution is 2.21. The SMILES string of the molecule is CCOc1ccc(Cl)cc1/C=N/Nc1nn[nH]n1. The number of benzene rings is 1. The Morgan fingerprint density at radius 2 is 2.44 bits per heavy atom. The Kier molecular flexibility index (Phi) is 4.08. The van der Waals surface area contributed by atoms with Gasteiger partial charge in [0.2, 0.25) is 0 Å². The standard InChI is InChI=1S/C10H11ClN6O/c1-2-18-9-4-3-8(11)5-7(9)6-12-13-10-14-16-17-15-10/h3-6H,2H2,1H3,(H2,13,14,15,16,17)/b12-6+. The summed E-state index contributed by atoms with van der Waals surface area (Å²) in [6, 6.07) is 5.31. The Morgan fingerprint density at radius 3 is 3.17 bits per heavy atom. The van der Waals surface area contributed by atoms with Crippen molar-refractivity contribution in [3.63, 3.8) is 0 Å². The van der Waals surface area contributed by atoms with E-state index in [1.807, 2.05) is 6.92 Å². The molecule has 0 amide bonds. The number of rotatable bonds is 5. The van der Waals surface area contributed by atoms with E-state index in [1.165, 1.54) is 0 Å². The van der Waals surface area contributed by atoms with Crippen molar-refractivity contribution < 1.29 is 4.74 Å². The highest BCUT2D eigenvalue weighted by Gasteiger charge is 2.02. The van der Waals surface area contributed by atoms with E-state index < -0.39 is 0 Å². The topological polar surface area (TPSA) is 88.1 Å². The number of anilines is 1. The zero-order chi connectivity index (χ0) is 12.8. The number of aromatic amines is 1. The van der Waals surface area contributed by atoms with Crippen molar-refractivity contribution in [2.45, 2.75) is 6.92 Å². The van der Waals surface area contributed by atoms with Gasteiger partial charge in [-0.3, -0.25) is 0 Å². The molecule has 2 aromatic rings. The number of halogens is 1. The molecule has 0 aliphatic rings. The second-order valence-corrected chi connectivity index (χ2v) is 3.66. The molecule has 1 aromatic heterocycles. The van der Waals surface area contributed by atoms with Crippen molar-refractivity contribution in [1.82, 2.24) is 20.6 Å². The summed E-state index contributed by atoms with van der Waals surface area (Å²) < 4.78 is 5.45. The maximum Gasteiger partial charge on any atom is 0.283 e. The second-order valence-electron chi connectivity index (χ2n) is 3.22. The average molecular weight is 267 g/mol. The fourth-order valence-corrected chi connectivity index (χ4v) is 1.46. The van der Waals surface area contributed by atoms with Crippen molar-refractivity contribution in [2.24, 2.45) is 5.10 Å². The van der Waals surface area contributed by atoms with E-state index >= 15 is 0 Å². The zero-order valence-corrected chi connectivity index (χ0v) is 10.3. The summed E-state index contributed by atoms with van der Waals surface area (Å²) in [6.45, 7) is 2.48. The van der Waals surface area contributed by atoms with Crippen molar-refractivity contribution in [3.05, 3.63) is 28.8 Å². The summed E-state index contributed by atoms with van der Waals surface area (Å²) in [4.78, 5) is 0. The van der Waals surface area contributed by atoms with Gasteiger partial charge < -0.3 is 4.74 Å². The Bertz CT molecular complexity index is 527. The molecule has 0 fully saturated rings. The molecule has 2 rings (SSSR count). The molecule has 0 saturated heterocycles. The number of H-pyrrole nitrogens is 1. The molecule has 0 spiro atoms. The van der Waals surface area contributed by atoms with Gasteiger partial charge >= 0.3 is 0 Å². The van der Waals surface area contributed by atoms with E-state index in [-0.39, 0.29) is 5.95 Å². The van der Waals surface area contributed by atoms with Crippen LogP contribution in [0.15, 0.2) is 23.3 Å². The van der Waals surface area contributed by atoms with Gasteiger partial charge in [-0.25, -0.2) is 5.43 Å². The maximum atomic E-state index is 5.92. The second kappa shape index (κ2) is 5.97. The van der Waals surface area contributed by atoms with Gasteiger partial charge in [-0.2, -0.15) is 10.3 Å². The van der Waals surface area contributed by atoms with E-state index in [4.69, 9.17) is 16.3 Å². The molecule has 0 aliphatic carbocycles. The highest BCUT2D eigenvalue weighted by molar-refractivity contribution is 6.30. The van der Waals surface area contributed by atoms with Crippen LogP contribution < -0.4 is 10.2 Å². The van der Waals surface area contributed by atoms with E-state index in [1.54, 1.807) is 24.4 Å². The lowest BCUT2D eigenvalue weighted by Crippen LogP contribution is -1.98. The Balaban J connectivity index is 2.11. The van der Waals surface area contributed by atoms with E-state index in [0.717, 1.165) is 5.56 Å². The zero-order valence-electron chi connectivity index (χ0n) is 9.59. The maximum absolute atomic E-state index is 5.92. The van der Waals surface area contributed by atoms with Gasteiger partial charge in [-0.15, -0.1) is 5.10 Å². The number of nitrogens with zero attached hydrogens (tertiary/aromatic N) is 4. The third-order valence-electron chi connectivity index (χ3n) is 1.99. The first-order valence-corrected chi connectivity index (χ1v) is 5.62. The first kappa shape index (κ1) is 12.3. The lowest BCUT2D eigenvalue weighted by molar-refractivity contribution is 0.340. The molecule has 0 radical (unpaired) electrons. The molecule has 94 valence electrons. The third-order valence-corrected chi connectivity index (χ3v) is 2.22. The van der Waals surface area contributed by atoms with Crippen LogP contribution in [0.4, 0.5) is 5.95 Å². The molecular weight excluding hydrogens is 256 g/mol. The van der Waals surface area contributed by atoms with Crippen LogP contribution in [-0.4, -0.2) is 33.4 Å². The van der Waals surface area contributed by atoms with Crippen LogP contribution in [-0.2, 0) is 0 Å². The van der Waals surface area contributed by atoms with Crippen LogP contribution >= 0.6 is 11.6 Å². The number of hydrazone groups is 1. The van der Waals surface area contributed by atoms with Gasteiger partial charge in [-0.1, -0.05) is 16.7 Å². The first-order valence-electron chi connectivity index (χ1n) is 5.24. The van der Waals surface area contributed by atoms with E-state index in [0.29, 0.717) is 17.4 Å². The number of nitrogens with one attached hydrogen (secondary N) is 2. The molecule has 7 nitrogen and oxygen atoms in total. The average Bonchev–Trinajstić information content (AvgIpc) is 2.86. The minimum Gasteiger partial charge on any atom is -0.493 e. The fourth-order valence-electron chi connectivity index (χ4n) is 1.28. The molecule has 0 saturated carbocycles. The number of hydrogen-bond donors (Lipinski definition) is 2. The largest absolute Gasteiger partial charge is 0.493 e. The first-order chi connectivity index (χ1) is 8.79. The predicted octanol–water partition coefficient (Wildman–Crippen LogP) is 1.70. The molecule has 18 heavy (non-hydrogen) atoms. The van der Waals surface area contributed by atoms with Crippen molar-refractivity contribution in [1.29, 1.82) is 0 Å². The van der Waals surface area contributed by atoms with Gasteiger partial charge in [0.25, 0.3) is 5.95 Å². The quantitative estimate of drug-likeness (QED) is 0.635. The van der Waals surface area contributed by atoms with Crippen LogP contribution in [0.3, 0.4) is 0 Å². The minimum atomic E-state index is 0.284. The number of ether oxygens (including phenoxy) is 1. The van der Waals surface area contributed by atoms with Crippen molar-refractivity contribution >= 4 is 23.8 Å². The molecular formula is C10H11ClN6O. The van der Waals surface area contributed by atoms with Crippen LogP contribution in [0.1, 0.15) is 12.5 Å². The monoisotopic (exact) mass is 266 g/mol. The fraction of sp³-hybridized carbons (Fsp3) is 0.200. The molecule has 0 unspecified atom stereocenters. The highest BCUT2D eigenvalue weighted by atomic mass is 35.5.